The van der Waals surface area contributed by atoms with Crippen molar-refractivity contribution < 1.29 is 4.79 Å². The Morgan fingerprint density at radius 2 is 1.97 bits per heavy atom. The van der Waals surface area contributed by atoms with Crippen LogP contribution < -0.4 is 10.3 Å². The zero-order chi connectivity index (χ0) is 20.8. The van der Waals surface area contributed by atoms with E-state index in [1.807, 2.05) is 12.5 Å². The van der Waals surface area contributed by atoms with E-state index in [9.17, 15) is 4.79 Å². The molecule has 4 heterocycles. The Morgan fingerprint density at radius 1 is 1.10 bits per heavy atom. The number of anilines is 1. The minimum absolute atomic E-state index is 0.312. The van der Waals surface area contributed by atoms with Gasteiger partial charge in [-0.3, -0.25) is 14.6 Å². The fourth-order valence-electron chi connectivity index (χ4n) is 4.79. The van der Waals surface area contributed by atoms with Crippen LogP contribution in [0.2, 0.25) is 0 Å². The summed E-state index contributed by atoms with van der Waals surface area (Å²) >= 11 is 0. The maximum atomic E-state index is 12.4. The van der Waals surface area contributed by atoms with Crippen molar-refractivity contribution in [2.45, 2.75) is 25.7 Å². The third kappa shape index (κ3) is 3.44. The molecule has 1 aromatic carbocycles. The number of hydrogen-bond donors (Lipinski definition) is 1. The first-order valence-corrected chi connectivity index (χ1v) is 11.1. The number of likely N-dealkylation sites (tertiary alicyclic amines) is 1. The lowest BCUT2D eigenvalue weighted by molar-refractivity contribution is -0.131. The minimum Gasteiger partial charge on any atom is -0.342 e. The van der Waals surface area contributed by atoms with Gasteiger partial charge in [-0.1, -0.05) is 18.2 Å². The fraction of sp³-hybridized carbons (Fsp3) is 0.375. The van der Waals surface area contributed by atoms with E-state index in [4.69, 9.17) is 0 Å². The summed E-state index contributed by atoms with van der Waals surface area (Å²) in [5, 5.41) is 4.57. The molecule has 0 spiro atoms. The second kappa shape index (κ2) is 7.41. The quantitative estimate of drug-likeness (QED) is 0.696. The molecule has 7 heteroatoms. The van der Waals surface area contributed by atoms with Crippen molar-refractivity contribution in [3.8, 4) is 11.3 Å². The van der Waals surface area contributed by atoms with Crippen LogP contribution in [0.3, 0.4) is 0 Å². The highest BCUT2D eigenvalue weighted by atomic mass is 16.2. The van der Waals surface area contributed by atoms with Crippen LogP contribution >= 0.6 is 0 Å². The van der Waals surface area contributed by atoms with Gasteiger partial charge in [0.15, 0.2) is 0 Å². The summed E-state index contributed by atoms with van der Waals surface area (Å²) < 4.78 is 2.11. The Kier molecular flexibility index (Phi) is 4.40. The van der Waals surface area contributed by atoms with Gasteiger partial charge in [0.25, 0.3) is 0 Å². The van der Waals surface area contributed by atoms with Gasteiger partial charge in [-0.15, -0.1) is 0 Å². The summed E-state index contributed by atoms with van der Waals surface area (Å²) in [5.41, 5.74) is 7.65. The molecular formula is C24H26N6O. The SMILES string of the molecule is O=C(C1CC1)N1CC[C@@H](CC2=NNCN2c2ccc(-c3cccc4cncn34)cc2)C1. The molecule has 0 unspecified atom stereocenters. The number of amides is 1. The summed E-state index contributed by atoms with van der Waals surface area (Å²) in [6.45, 7) is 2.45. The number of fused-ring (bicyclic) bond motifs is 1. The highest BCUT2D eigenvalue weighted by molar-refractivity contribution is 5.99. The van der Waals surface area contributed by atoms with E-state index >= 15 is 0 Å². The number of nitrogens with one attached hydrogen (secondary N) is 1. The molecule has 7 nitrogen and oxygen atoms in total. The third-order valence-corrected chi connectivity index (χ3v) is 6.67. The van der Waals surface area contributed by atoms with E-state index in [1.54, 1.807) is 0 Å². The molecule has 3 aliphatic rings. The number of aromatic nitrogens is 2. The van der Waals surface area contributed by atoms with Crippen LogP contribution in [0.15, 0.2) is 60.1 Å². The predicted octanol–water partition coefficient (Wildman–Crippen LogP) is 3.33. The molecule has 2 fully saturated rings. The first-order valence-electron chi connectivity index (χ1n) is 11.1. The molecule has 1 N–H and O–H groups in total. The maximum absolute atomic E-state index is 12.4. The molecule has 158 valence electrons. The number of benzene rings is 1. The molecule has 6 rings (SSSR count). The van der Waals surface area contributed by atoms with E-state index in [1.165, 1.54) is 0 Å². The fourth-order valence-corrected chi connectivity index (χ4v) is 4.79. The number of hydrogen-bond acceptors (Lipinski definition) is 5. The van der Waals surface area contributed by atoms with Crippen LogP contribution in [0.1, 0.15) is 25.7 Å². The normalized spacial score (nSPS) is 20.9. The molecule has 1 aliphatic carbocycles. The number of rotatable bonds is 5. The molecule has 2 aliphatic heterocycles. The number of imidazole rings is 1. The Hall–Kier alpha value is -3.35. The molecule has 1 saturated heterocycles. The Morgan fingerprint density at radius 3 is 2.81 bits per heavy atom. The van der Waals surface area contributed by atoms with Crippen molar-refractivity contribution in [2.24, 2.45) is 16.9 Å². The van der Waals surface area contributed by atoms with Gasteiger partial charge in [0.2, 0.25) is 5.91 Å². The van der Waals surface area contributed by atoms with Crippen molar-refractivity contribution in [1.82, 2.24) is 19.7 Å². The van der Waals surface area contributed by atoms with Crippen LogP contribution in [-0.2, 0) is 4.79 Å². The van der Waals surface area contributed by atoms with E-state index in [-0.39, 0.29) is 0 Å². The van der Waals surface area contributed by atoms with Gasteiger partial charge in [0.1, 0.15) is 12.5 Å². The van der Waals surface area contributed by atoms with Crippen molar-refractivity contribution >= 4 is 22.9 Å². The van der Waals surface area contributed by atoms with Gasteiger partial charge in [0.05, 0.1) is 23.7 Å². The van der Waals surface area contributed by atoms with Crippen molar-refractivity contribution in [3.05, 3.63) is 55.0 Å². The summed E-state index contributed by atoms with van der Waals surface area (Å²) in [6, 6.07) is 14.9. The highest BCUT2D eigenvalue weighted by Gasteiger charge is 2.37. The number of amidine groups is 1. The van der Waals surface area contributed by atoms with Gasteiger partial charge in [0, 0.05) is 31.1 Å². The number of hydrazone groups is 1. The first-order chi connectivity index (χ1) is 15.3. The number of carbonyl (C=O) groups excluding carboxylic acids is 1. The van der Waals surface area contributed by atoms with E-state index in [0.717, 1.165) is 67.1 Å². The first kappa shape index (κ1) is 18.4. The lowest BCUT2D eigenvalue weighted by atomic mass is 10.0. The Balaban J connectivity index is 1.16. The zero-order valence-electron chi connectivity index (χ0n) is 17.4. The smallest absolute Gasteiger partial charge is 0.225 e. The minimum atomic E-state index is 0.312. The molecule has 3 aromatic rings. The van der Waals surface area contributed by atoms with Gasteiger partial charge in [-0.2, -0.15) is 5.10 Å². The summed E-state index contributed by atoms with van der Waals surface area (Å²) in [7, 11) is 0. The topological polar surface area (TPSA) is 65.2 Å². The molecule has 0 radical (unpaired) electrons. The Bertz CT molecular complexity index is 1150. The number of pyridine rings is 1. The van der Waals surface area contributed by atoms with Crippen molar-refractivity contribution in [2.75, 3.05) is 24.7 Å². The molecular weight excluding hydrogens is 388 g/mol. The second-order valence-corrected chi connectivity index (χ2v) is 8.84. The number of carbonyl (C=O) groups is 1. The summed E-state index contributed by atoms with van der Waals surface area (Å²) in [6.07, 6.45) is 7.85. The Labute approximate surface area is 181 Å². The van der Waals surface area contributed by atoms with Crippen LogP contribution in [0, 0.1) is 11.8 Å². The molecule has 31 heavy (non-hydrogen) atoms. The van der Waals surface area contributed by atoms with Crippen LogP contribution in [0.4, 0.5) is 5.69 Å². The maximum Gasteiger partial charge on any atom is 0.225 e. The number of nitrogens with zero attached hydrogens (tertiary/aromatic N) is 5. The van der Waals surface area contributed by atoms with Crippen LogP contribution in [-0.4, -0.2) is 45.8 Å². The average Bonchev–Trinajstić information content (AvgIpc) is 3.17. The van der Waals surface area contributed by atoms with E-state index in [2.05, 4.69) is 72.2 Å². The molecule has 1 saturated carbocycles. The van der Waals surface area contributed by atoms with Gasteiger partial charge in [-0.25, -0.2) is 4.98 Å². The summed E-state index contributed by atoms with van der Waals surface area (Å²) in [4.78, 5) is 20.9. The standard InChI is InChI=1S/C24H26N6O/c31-24(19-4-5-19)28-11-10-17(14-28)12-23-27-26-16-30(23)20-8-6-18(7-9-20)22-3-1-2-21-13-25-15-29(21)22/h1-3,6-9,13,15,17,19,26H,4-5,10-12,14,16H2/t17-/m0/s1. The molecule has 1 atom stereocenters. The second-order valence-electron chi connectivity index (χ2n) is 8.84. The van der Waals surface area contributed by atoms with E-state index < -0.39 is 0 Å². The van der Waals surface area contributed by atoms with Gasteiger partial charge >= 0.3 is 0 Å². The van der Waals surface area contributed by atoms with Crippen molar-refractivity contribution in [1.29, 1.82) is 0 Å². The largest absolute Gasteiger partial charge is 0.342 e. The van der Waals surface area contributed by atoms with Crippen molar-refractivity contribution in [3.63, 3.8) is 0 Å². The van der Waals surface area contributed by atoms with Crippen LogP contribution in [0.25, 0.3) is 16.8 Å². The highest BCUT2D eigenvalue weighted by Crippen LogP contribution is 2.34. The zero-order valence-corrected chi connectivity index (χ0v) is 17.4. The van der Waals surface area contributed by atoms with Gasteiger partial charge in [-0.05, 0) is 55.0 Å². The monoisotopic (exact) mass is 414 g/mol. The van der Waals surface area contributed by atoms with Crippen LogP contribution in [0.5, 0.6) is 0 Å². The summed E-state index contributed by atoms with van der Waals surface area (Å²) in [5.74, 6) is 2.24. The predicted molar refractivity (Wildman–Crippen MR) is 121 cm³/mol. The average molecular weight is 415 g/mol. The lowest BCUT2D eigenvalue weighted by Crippen LogP contribution is -2.32. The molecule has 0 bridgehead atoms. The molecule has 1 amide bonds. The third-order valence-electron chi connectivity index (χ3n) is 6.67. The lowest BCUT2D eigenvalue weighted by Gasteiger charge is -2.22. The molecule has 2 aromatic heterocycles. The van der Waals surface area contributed by atoms with Gasteiger partial charge < -0.3 is 9.80 Å². The van der Waals surface area contributed by atoms with E-state index in [0.29, 0.717) is 24.4 Å².